The molecule has 1 aromatic heterocycles. The molecule has 0 radical (unpaired) electrons. The molecule has 0 spiro atoms. The van der Waals surface area contributed by atoms with Gasteiger partial charge in [-0.2, -0.15) is 0 Å². The highest BCUT2D eigenvalue weighted by molar-refractivity contribution is 6.01. The number of carbonyl (C=O) groups is 2. The van der Waals surface area contributed by atoms with Crippen LogP contribution in [0.15, 0.2) is 48.5 Å². The Hall–Kier alpha value is -3.48. The van der Waals surface area contributed by atoms with Gasteiger partial charge >= 0.3 is 6.09 Å². The number of aromatic nitrogens is 1. The molecule has 0 unspecified atom stereocenters. The van der Waals surface area contributed by atoms with Gasteiger partial charge in [0.05, 0.1) is 0 Å². The Kier molecular flexibility index (Phi) is 6.53. The normalized spacial score (nSPS) is 11.4. The van der Waals surface area contributed by atoms with Crippen molar-refractivity contribution in [1.82, 2.24) is 15.2 Å². The zero-order valence-electron chi connectivity index (χ0n) is 18.4. The van der Waals surface area contributed by atoms with Crippen molar-refractivity contribution in [3.05, 3.63) is 65.4 Å². The van der Waals surface area contributed by atoms with Crippen molar-refractivity contribution < 1.29 is 19.4 Å². The van der Waals surface area contributed by atoms with E-state index in [1.807, 2.05) is 69.3 Å². The minimum absolute atomic E-state index is 0.240. The number of H-pyrrole nitrogens is 1. The SMILES string of the molecule is CNC(=O)c1[nH]c2ccc(OCc3ccccc3)cc2c1CCN(C(=O)O)C(C)(C)C. The van der Waals surface area contributed by atoms with Crippen LogP contribution in [0.1, 0.15) is 42.4 Å². The smallest absolute Gasteiger partial charge is 0.407 e. The lowest BCUT2D eigenvalue weighted by molar-refractivity contribution is 0.0957. The minimum atomic E-state index is -0.985. The van der Waals surface area contributed by atoms with E-state index in [0.717, 1.165) is 22.0 Å². The fraction of sp³-hybridized carbons (Fsp3) is 0.333. The molecule has 2 amide bonds. The maximum absolute atomic E-state index is 12.5. The number of carbonyl (C=O) groups excluding carboxylic acids is 1. The summed E-state index contributed by atoms with van der Waals surface area (Å²) in [6.45, 7) is 6.26. The van der Waals surface area contributed by atoms with Gasteiger partial charge in [0.2, 0.25) is 0 Å². The Morgan fingerprint density at radius 3 is 2.45 bits per heavy atom. The average molecular weight is 424 g/mol. The van der Waals surface area contributed by atoms with Crippen LogP contribution >= 0.6 is 0 Å². The predicted molar refractivity (Wildman–Crippen MR) is 121 cm³/mol. The molecule has 0 atom stereocenters. The summed E-state index contributed by atoms with van der Waals surface area (Å²) in [5.41, 5.74) is 2.53. The van der Waals surface area contributed by atoms with E-state index in [-0.39, 0.29) is 12.5 Å². The summed E-state index contributed by atoms with van der Waals surface area (Å²) in [5, 5.41) is 13.1. The molecule has 3 rings (SSSR count). The number of rotatable bonds is 7. The lowest BCUT2D eigenvalue weighted by Gasteiger charge is -2.33. The third-order valence-electron chi connectivity index (χ3n) is 5.21. The number of hydrogen-bond donors (Lipinski definition) is 3. The Morgan fingerprint density at radius 2 is 1.84 bits per heavy atom. The first-order valence-electron chi connectivity index (χ1n) is 10.2. The topological polar surface area (TPSA) is 94.7 Å². The second-order valence-corrected chi connectivity index (χ2v) is 8.39. The Bertz CT molecular complexity index is 1070. The highest BCUT2D eigenvalue weighted by atomic mass is 16.5. The number of nitrogens with zero attached hydrogens (tertiary/aromatic N) is 1. The minimum Gasteiger partial charge on any atom is -0.489 e. The van der Waals surface area contributed by atoms with Gasteiger partial charge in [-0.3, -0.25) is 4.79 Å². The molecule has 0 aliphatic heterocycles. The number of hydrogen-bond acceptors (Lipinski definition) is 3. The van der Waals surface area contributed by atoms with E-state index in [4.69, 9.17) is 4.74 Å². The Labute approximate surface area is 182 Å². The summed E-state index contributed by atoms with van der Waals surface area (Å²) in [6, 6.07) is 15.5. The van der Waals surface area contributed by atoms with Gasteiger partial charge in [0, 0.05) is 30.0 Å². The van der Waals surface area contributed by atoms with Crippen molar-refractivity contribution in [2.24, 2.45) is 0 Å². The second-order valence-electron chi connectivity index (χ2n) is 8.39. The van der Waals surface area contributed by atoms with E-state index in [1.54, 1.807) is 7.05 Å². The van der Waals surface area contributed by atoms with Crippen molar-refractivity contribution in [1.29, 1.82) is 0 Å². The van der Waals surface area contributed by atoms with Gasteiger partial charge in [0.1, 0.15) is 18.1 Å². The molecule has 0 saturated carbocycles. The molecule has 3 aromatic rings. The van der Waals surface area contributed by atoms with Crippen LogP contribution in [0.5, 0.6) is 5.75 Å². The number of benzene rings is 2. The second kappa shape index (κ2) is 9.12. The fourth-order valence-electron chi connectivity index (χ4n) is 3.58. The lowest BCUT2D eigenvalue weighted by atomic mass is 10.0. The van der Waals surface area contributed by atoms with Gasteiger partial charge in [-0.05, 0) is 56.5 Å². The summed E-state index contributed by atoms with van der Waals surface area (Å²) in [5.74, 6) is 0.446. The van der Waals surface area contributed by atoms with Crippen molar-refractivity contribution in [2.45, 2.75) is 39.3 Å². The molecule has 0 aliphatic carbocycles. The molecule has 31 heavy (non-hydrogen) atoms. The highest BCUT2D eigenvalue weighted by Gasteiger charge is 2.27. The van der Waals surface area contributed by atoms with Gasteiger partial charge < -0.3 is 25.0 Å². The number of nitrogens with one attached hydrogen (secondary N) is 2. The Morgan fingerprint density at radius 1 is 1.13 bits per heavy atom. The zero-order valence-corrected chi connectivity index (χ0v) is 18.4. The largest absolute Gasteiger partial charge is 0.489 e. The molecule has 0 fully saturated rings. The van der Waals surface area contributed by atoms with Crippen LogP contribution in [0, 0.1) is 0 Å². The van der Waals surface area contributed by atoms with Crippen molar-refractivity contribution in [3.8, 4) is 5.75 Å². The third-order valence-corrected chi connectivity index (χ3v) is 5.21. The first-order chi connectivity index (χ1) is 14.7. The molecule has 164 valence electrons. The first-order valence-corrected chi connectivity index (χ1v) is 10.2. The molecule has 0 saturated heterocycles. The predicted octanol–water partition coefficient (Wildman–Crippen LogP) is 4.43. The first kappa shape index (κ1) is 22.2. The molecule has 0 bridgehead atoms. The molecule has 3 N–H and O–H groups in total. The van der Waals surface area contributed by atoms with Crippen LogP contribution in [0.2, 0.25) is 0 Å². The summed E-state index contributed by atoms with van der Waals surface area (Å²) < 4.78 is 5.95. The monoisotopic (exact) mass is 423 g/mol. The number of ether oxygens (including phenoxy) is 1. The van der Waals surface area contributed by atoms with E-state index >= 15 is 0 Å². The molecule has 0 aliphatic rings. The van der Waals surface area contributed by atoms with Gasteiger partial charge in [0.15, 0.2) is 0 Å². The lowest BCUT2D eigenvalue weighted by Crippen LogP contribution is -2.46. The van der Waals surface area contributed by atoms with Crippen LogP contribution < -0.4 is 10.1 Å². The van der Waals surface area contributed by atoms with Crippen LogP contribution in [0.4, 0.5) is 4.79 Å². The van der Waals surface area contributed by atoms with Crippen molar-refractivity contribution >= 4 is 22.9 Å². The van der Waals surface area contributed by atoms with Gasteiger partial charge in [-0.15, -0.1) is 0 Å². The molecule has 1 heterocycles. The third kappa shape index (κ3) is 5.17. The molecule has 7 heteroatoms. The highest BCUT2D eigenvalue weighted by Crippen LogP contribution is 2.28. The Balaban J connectivity index is 1.92. The maximum Gasteiger partial charge on any atom is 0.407 e. The number of amides is 2. The summed E-state index contributed by atoms with van der Waals surface area (Å²) in [4.78, 5) is 28.8. The van der Waals surface area contributed by atoms with Gasteiger partial charge in [0.25, 0.3) is 5.91 Å². The maximum atomic E-state index is 12.5. The number of carboxylic acid groups (broad SMARTS) is 1. The summed E-state index contributed by atoms with van der Waals surface area (Å²) >= 11 is 0. The molecular weight excluding hydrogens is 394 g/mol. The van der Waals surface area contributed by atoms with Crippen LogP contribution in [-0.4, -0.2) is 46.1 Å². The van der Waals surface area contributed by atoms with Crippen molar-refractivity contribution in [2.75, 3.05) is 13.6 Å². The number of aromatic amines is 1. The van der Waals surface area contributed by atoms with Crippen LogP contribution in [0.25, 0.3) is 10.9 Å². The van der Waals surface area contributed by atoms with Crippen LogP contribution in [0.3, 0.4) is 0 Å². The van der Waals surface area contributed by atoms with E-state index in [2.05, 4.69) is 10.3 Å². The van der Waals surface area contributed by atoms with Gasteiger partial charge in [-0.25, -0.2) is 4.79 Å². The summed E-state index contributed by atoms with van der Waals surface area (Å²) in [6.07, 6.45) is -0.588. The van der Waals surface area contributed by atoms with E-state index in [9.17, 15) is 14.7 Å². The zero-order chi connectivity index (χ0) is 22.6. The molecule has 7 nitrogen and oxygen atoms in total. The van der Waals surface area contributed by atoms with E-state index in [1.165, 1.54) is 4.90 Å². The van der Waals surface area contributed by atoms with Crippen molar-refractivity contribution in [3.63, 3.8) is 0 Å². The molecule has 2 aromatic carbocycles. The fourth-order valence-corrected chi connectivity index (χ4v) is 3.58. The average Bonchev–Trinajstić information content (AvgIpc) is 3.09. The van der Waals surface area contributed by atoms with E-state index in [0.29, 0.717) is 24.5 Å². The molecular formula is C24H29N3O4. The van der Waals surface area contributed by atoms with E-state index < -0.39 is 11.6 Å². The number of fused-ring (bicyclic) bond motifs is 1. The van der Waals surface area contributed by atoms with Crippen LogP contribution in [-0.2, 0) is 13.0 Å². The summed E-state index contributed by atoms with van der Waals surface area (Å²) in [7, 11) is 1.57. The van der Waals surface area contributed by atoms with Gasteiger partial charge in [-0.1, -0.05) is 30.3 Å². The quantitative estimate of drug-likeness (QED) is 0.524. The standard InChI is InChI=1S/C24H29N3O4/c1-24(2,3)27(23(29)30)13-12-18-19-14-17(31-15-16-8-6-5-7-9-16)10-11-20(19)26-21(18)22(28)25-4/h5-11,14,26H,12-13,15H2,1-4H3,(H,25,28)(H,29,30).